The Morgan fingerprint density at radius 2 is 0.793 bits per heavy atom. The lowest BCUT2D eigenvalue weighted by Crippen LogP contribution is -2.58. The van der Waals surface area contributed by atoms with Crippen LogP contribution in [0.1, 0.15) is 90.9 Å². The summed E-state index contributed by atoms with van der Waals surface area (Å²) in [6.45, 7) is 4.62. The van der Waals surface area contributed by atoms with Crippen molar-refractivity contribution >= 4 is 18.4 Å². The maximum atomic E-state index is 2.44. The van der Waals surface area contributed by atoms with Gasteiger partial charge in [0.15, 0.2) is 0 Å². The van der Waals surface area contributed by atoms with Crippen LogP contribution in [0, 0.1) is 0 Å². The topological polar surface area (TPSA) is 0 Å². The van der Waals surface area contributed by atoms with E-state index in [0.29, 0.717) is 0 Å². The molecule has 2 rings (SSSR count). The zero-order valence-corrected chi connectivity index (χ0v) is 20.2. The highest BCUT2D eigenvalue weighted by Crippen LogP contribution is 2.24. The van der Waals surface area contributed by atoms with E-state index in [1.165, 1.54) is 89.1 Å². The second-order valence-corrected chi connectivity index (χ2v) is 13.2. The van der Waals surface area contributed by atoms with Crippen molar-refractivity contribution in [3.8, 4) is 0 Å². The van der Waals surface area contributed by atoms with E-state index in [9.17, 15) is 0 Å². The molecule has 1 heteroatoms. The third-order valence-corrected chi connectivity index (χ3v) is 11.9. The highest BCUT2D eigenvalue weighted by molar-refractivity contribution is 7.02. The molecule has 0 atom stereocenters. The van der Waals surface area contributed by atoms with Gasteiger partial charge in [-0.25, -0.2) is 0 Å². The molecule has 0 saturated carbocycles. The number of hydrogen-bond donors (Lipinski definition) is 0. The van der Waals surface area contributed by atoms with E-state index in [-0.39, 0.29) is 0 Å². The molecule has 2 aromatic rings. The van der Waals surface area contributed by atoms with Crippen molar-refractivity contribution < 1.29 is 0 Å². The fourth-order valence-corrected chi connectivity index (χ4v) is 9.90. The second-order valence-electron chi connectivity index (χ2n) is 8.85. The van der Waals surface area contributed by atoms with Gasteiger partial charge in [-0.1, -0.05) is 162 Å². The summed E-state index contributed by atoms with van der Waals surface area (Å²) in [6, 6.07) is 26.0. The molecule has 0 aliphatic heterocycles. The maximum absolute atomic E-state index is 2.44. The van der Waals surface area contributed by atoms with Gasteiger partial charge in [-0.15, -0.1) is 0 Å². The van der Waals surface area contributed by atoms with Crippen LogP contribution in [-0.2, 0) is 0 Å². The first-order valence-corrected chi connectivity index (χ1v) is 14.9. The van der Waals surface area contributed by atoms with Gasteiger partial charge in [-0.3, -0.25) is 0 Å². The summed E-state index contributed by atoms with van der Waals surface area (Å²) in [5.74, 6) is 0. The summed E-state index contributed by atoms with van der Waals surface area (Å²) < 4.78 is 0. The second kappa shape index (κ2) is 14.6. The molecule has 0 spiro atoms. The van der Waals surface area contributed by atoms with Gasteiger partial charge in [0, 0.05) is 0 Å². The Balaban J connectivity index is 2.13. The predicted octanol–water partition coefficient (Wildman–Crippen LogP) is 7.97. The minimum atomic E-state index is -1.68. The fraction of sp³-hybridized carbons (Fsp3) is 0.571. The Labute approximate surface area is 182 Å². The minimum absolute atomic E-state index is 1.34. The van der Waals surface area contributed by atoms with E-state index >= 15 is 0 Å². The summed E-state index contributed by atoms with van der Waals surface area (Å²) in [5, 5.41) is 3.32. The van der Waals surface area contributed by atoms with E-state index < -0.39 is 8.07 Å². The van der Waals surface area contributed by atoms with Crippen molar-refractivity contribution in [1.29, 1.82) is 0 Å². The molecule has 0 bridgehead atoms. The van der Waals surface area contributed by atoms with Crippen LogP contribution in [0.3, 0.4) is 0 Å². The normalized spacial score (nSPS) is 11.7. The third-order valence-electron chi connectivity index (χ3n) is 6.57. The Hall–Kier alpha value is -1.34. The van der Waals surface area contributed by atoms with Crippen molar-refractivity contribution in [3.05, 3.63) is 60.7 Å². The van der Waals surface area contributed by atoms with Gasteiger partial charge in [-0.2, -0.15) is 0 Å². The molecule has 0 fully saturated rings. The Bertz CT molecular complexity index is 562. The summed E-state index contributed by atoms with van der Waals surface area (Å²) in [5.41, 5.74) is 0. The zero-order valence-electron chi connectivity index (χ0n) is 19.2. The highest BCUT2D eigenvalue weighted by atomic mass is 28.3. The van der Waals surface area contributed by atoms with Gasteiger partial charge in [0.25, 0.3) is 0 Å². The molecule has 0 heterocycles. The van der Waals surface area contributed by atoms with E-state index in [2.05, 4.69) is 74.5 Å². The van der Waals surface area contributed by atoms with Gasteiger partial charge in [0.05, 0.1) is 0 Å². The van der Waals surface area contributed by atoms with E-state index in [0.717, 1.165) is 0 Å². The molecule has 0 aliphatic carbocycles. The van der Waals surface area contributed by atoms with Gasteiger partial charge in [0.2, 0.25) is 0 Å². The molecule has 0 aromatic heterocycles. The van der Waals surface area contributed by atoms with Gasteiger partial charge < -0.3 is 0 Å². The van der Waals surface area contributed by atoms with Gasteiger partial charge >= 0.3 is 0 Å². The monoisotopic (exact) mass is 408 g/mol. The highest BCUT2D eigenvalue weighted by Gasteiger charge is 2.35. The van der Waals surface area contributed by atoms with Crippen LogP contribution in [0.25, 0.3) is 0 Å². The SMILES string of the molecule is CCCCCCCC[Si](CCCCCCCC)(c1ccccc1)c1ccccc1. The van der Waals surface area contributed by atoms with Crippen LogP contribution in [0.2, 0.25) is 12.1 Å². The number of unbranched alkanes of at least 4 members (excludes halogenated alkanes) is 10. The van der Waals surface area contributed by atoms with Crippen molar-refractivity contribution in [2.45, 2.75) is 103 Å². The molecule has 2 aromatic carbocycles. The van der Waals surface area contributed by atoms with Gasteiger partial charge in [-0.05, 0) is 12.1 Å². The lowest BCUT2D eigenvalue weighted by molar-refractivity contribution is 0.616. The Morgan fingerprint density at radius 1 is 0.448 bits per heavy atom. The first-order chi connectivity index (χ1) is 14.3. The Kier molecular flexibility index (Phi) is 12.1. The summed E-state index contributed by atoms with van der Waals surface area (Å²) in [4.78, 5) is 0. The molecule has 0 N–H and O–H groups in total. The summed E-state index contributed by atoms with van der Waals surface area (Å²) in [7, 11) is -1.68. The van der Waals surface area contributed by atoms with Crippen LogP contribution in [-0.4, -0.2) is 8.07 Å². The number of rotatable bonds is 16. The van der Waals surface area contributed by atoms with Crippen molar-refractivity contribution in [1.82, 2.24) is 0 Å². The van der Waals surface area contributed by atoms with E-state index in [1.807, 2.05) is 0 Å². The average Bonchev–Trinajstić information content (AvgIpc) is 2.78. The molecule has 29 heavy (non-hydrogen) atoms. The van der Waals surface area contributed by atoms with Crippen LogP contribution in [0.5, 0.6) is 0 Å². The third kappa shape index (κ3) is 8.13. The lowest BCUT2D eigenvalue weighted by atomic mass is 10.1. The Morgan fingerprint density at radius 3 is 1.17 bits per heavy atom. The number of hydrogen-bond acceptors (Lipinski definition) is 0. The average molecular weight is 409 g/mol. The molecule has 160 valence electrons. The lowest BCUT2D eigenvalue weighted by Gasteiger charge is -2.33. The molecule has 0 nitrogen and oxygen atoms in total. The minimum Gasteiger partial charge on any atom is -0.0654 e. The van der Waals surface area contributed by atoms with Gasteiger partial charge in [0.1, 0.15) is 8.07 Å². The molecule has 0 saturated heterocycles. The molecule has 0 amide bonds. The first kappa shape index (κ1) is 23.9. The van der Waals surface area contributed by atoms with E-state index in [4.69, 9.17) is 0 Å². The maximum Gasteiger partial charge on any atom is 0.118 e. The standard InChI is InChI=1S/C28H44Si/c1-3-5-7-9-11-19-25-29(27-21-15-13-16-22-27,28-23-17-14-18-24-28)26-20-12-10-8-6-4-2/h13-18,21-24H,3-12,19-20,25-26H2,1-2H3. The quantitative estimate of drug-likeness (QED) is 0.195. The zero-order chi connectivity index (χ0) is 20.6. The number of benzene rings is 2. The van der Waals surface area contributed by atoms with E-state index in [1.54, 1.807) is 10.4 Å². The predicted molar refractivity (Wildman–Crippen MR) is 134 cm³/mol. The van der Waals surface area contributed by atoms with Crippen LogP contribution >= 0.6 is 0 Å². The first-order valence-electron chi connectivity index (χ1n) is 12.4. The van der Waals surface area contributed by atoms with Crippen LogP contribution < -0.4 is 10.4 Å². The smallest absolute Gasteiger partial charge is 0.0654 e. The molecular weight excluding hydrogens is 364 g/mol. The molecule has 0 unspecified atom stereocenters. The summed E-state index contributed by atoms with van der Waals surface area (Å²) in [6.07, 6.45) is 16.8. The molecular formula is C28H44Si. The van der Waals surface area contributed by atoms with Crippen molar-refractivity contribution in [3.63, 3.8) is 0 Å². The van der Waals surface area contributed by atoms with Crippen LogP contribution in [0.4, 0.5) is 0 Å². The largest absolute Gasteiger partial charge is 0.118 e. The summed E-state index contributed by atoms with van der Waals surface area (Å²) >= 11 is 0. The molecule has 0 radical (unpaired) electrons. The van der Waals surface area contributed by atoms with Crippen molar-refractivity contribution in [2.75, 3.05) is 0 Å². The fourth-order valence-electron chi connectivity index (χ4n) is 4.80. The van der Waals surface area contributed by atoms with Crippen molar-refractivity contribution in [2.24, 2.45) is 0 Å². The molecule has 0 aliphatic rings. The van der Waals surface area contributed by atoms with Crippen LogP contribution in [0.15, 0.2) is 60.7 Å².